The largest absolute Gasteiger partial charge is 0.368 e. The molecule has 74 valence electrons. The summed E-state index contributed by atoms with van der Waals surface area (Å²) in [6.07, 6.45) is 1.88. The van der Waals surface area contributed by atoms with E-state index in [0.717, 1.165) is 12.8 Å². The zero-order chi connectivity index (χ0) is 10.0. The SMILES string of the molecule is CC(C)[C@H](NC(=O)C1CC1)C(N)=O. The highest BCUT2D eigenvalue weighted by Gasteiger charge is 2.32. The fourth-order valence-corrected chi connectivity index (χ4v) is 1.18. The van der Waals surface area contributed by atoms with Gasteiger partial charge in [0.2, 0.25) is 11.8 Å². The minimum absolute atomic E-state index is 0.0301. The number of hydrogen-bond donors (Lipinski definition) is 2. The van der Waals surface area contributed by atoms with Crippen LogP contribution in [0.4, 0.5) is 0 Å². The van der Waals surface area contributed by atoms with Crippen LogP contribution in [0.25, 0.3) is 0 Å². The lowest BCUT2D eigenvalue weighted by molar-refractivity contribution is -0.129. The maximum absolute atomic E-state index is 11.3. The van der Waals surface area contributed by atoms with E-state index in [1.807, 2.05) is 13.8 Å². The van der Waals surface area contributed by atoms with Gasteiger partial charge in [-0.1, -0.05) is 13.8 Å². The quantitative estimate of drug-likeness (QED) is 0.646. The van der Waals surface area contributed by atoms with Crippen LogP contribution < -0.4 is 11.1 Å². The van der Waals surface area contributed by atoms with E-state index in [4.69, 9.17) is 5.73 Å². The van der Waals surface area contributed by atoms with Crippen molar-refractivity contribution < 1.29 is 9.59 Å². The number of carbonyl (C=O) groups excluding carboxylic acids is 2. The summed E-state index contributed by atoms with van der Waals surface area (Å²) in [7, 11) is 0. The Morgan fingerprint density at radius 1 is 1.38 bits per heavy atom. The first kappa shape index (κ1) is 10.0. The molecule has 1 rings (SSSR count). The summed E-state index contributed by atoms with van der Waals surface area (Å²) >= 11 is 0. The third kappa shape index (κ3) is 2.72. The molecule has 0 radical (unpaired) electrons. The molecule has 0 bridgehead atoms. The first-order chi connectivity index (χ1) is 6.02. The average molecular weight is 184 g/mol. The second-order valence-electron chi connectivity index (χ2n) is 3.91. The first-order valence-corrected chi connectivity index (χ1v) is 4.62. The van der Waals surface area contributed by atoms with Crippen molar-refractivity contribution >= 4 is 11.8 Å². The van der Waals surface area contributed by atoms with Gasteiger partial charge in [-0.05, 0) is 18.8 Å². The lowest BCUT2D eigenvalue weighted by atomic mass is 10.0. The van der Waals surface area contributed by atoms with Gasteiger partial charge < -0.3 is 11.1 Å². The Balaban J connectivity index is 2.46. The van der Waals surface area contributed by atoms with E-state index >= 15 is 0 Å². The molecule has 1 atom stereocenters. The highest BCUT2D eigenvalue weighted by Crippen LogP contribution is 2.29. The molecule has 4 heteroatoms. The van der Waals surface area contributed by atoms with Crippen LogP contribution in [0.3, 0.4) is 0 Å². The minimum Gasteiger partial charge on any atom is -0.368 e. The molecule has 1 saturated carbocycles. The Bertz CT molecular complexity index is 222. The van der Waals surface area contributed by atoms with Crippen molar-refractivity contribution in [3.63, 3.8) is 0 Å². The Kier molecular flexibility index (Phi) is 2.90. The molecule has 0 aromatic heterocycles. The van der Waals surface area contributed by atoms with E-state index in [1.54, 1.807) is 0 Å². The van der Waals surface area contributed by atoms with Crippen LogP contribution in [0, 0.1) is 11.8 Å². The Morgan fingerprint density at radius 3 is 2.23 bits per heavy atom. The molecule has 0 saturated heterocycles. The van der Waals surface area contributed by atoms with Crippen LogP contribution in [0.15, 0.2) is 0 Å². The topological polar surface area (TPSA) is 72.2 Å². The molecule has 0 heterocycles. The summed E-state index contributed by atoms with van der Waals surface area (Å²) in [6.45, 7) is 3.73. The number of rotatable bonds is 4. The number of nitrogens with two attached hydrogens (primary N) is 1. The lowest BCUT2D eigenvalue weighted by Crippen LogP contribution is -2.48. The van der Waals surface area contributed by atoms with Crippen LogP contribution in [0.1, 0.15) is 26.7 Å². The van der Waals surface area contributed by atoms with Gasteiger partial charge in [-0.3, -0.25) is 9.59 Å². The molecular formula is C9H16N2O2. The molecule has 0 unspecified atom stereocenters. The van der Waals surface area contributed by atoms with Crippen molar-refractivity contribution in [1.29, 1.82) is 0 Å². The van der Waals surface area contributed by atoms with Crippen LogP contribution >= 0.6 is 0 Å². The van der Waals surface area contributed by atoms with E-state index in [-0.39, 0.29) is 17.7 Å². The third-order valence-electron chi connectivity index (χ3n) is 2.22. The number of nitrogens with one attached hydrogen (secondary N) is 1. The number of carbonyl (C=O) groups is 2. The Labute approximate surface area is 77.9 Å². The molecule has 13 heavy (non-hydrogen) atoms. The Morgan fingerprint density at radius 2 is 1.92 bits per heavy atom. The van der Waals surface area contributed by atoms with Gasteiger partial charge in [0.1, 0.15) is 6.04 Å². The van der Waals surface area contributed by atoms with E-state index in [1.165, 1.54) is 0 Å². The van der Waals surface area contributed by atoms with Crippen molar-refractivity contribution in [1.82, 2.24) is 5.32 Å². The summed E-state index contributed by atoms with van der Waals surface area (Å²) in [5.74, 6) is -0.303. The van der Waals surface area contributed by atoms with E-state index in [9.17, 15) is 9.59 Å². The molecule has 0 aromatic rings. The van der Waals surface area contributed by atoms with Crippen molar-refractivity contribution in [2.24, 2.45) is 17.6 Å². The molecule has 1 aliphatic rings. The third-order valence-corrected chi connectivity index (χ3v) is 2.22. The van der Waals surface area contributed by atoms with Gasteiger partial charge in [0.25, 0.3) is 0 Å². The standard InChI is InChI=1S/C9H16N2O2/c1-5(2)7(8(10)12)11-9(13)6-3-4-6/h5-7H,3-4H2,1-2H3,(H2,10,12)(H,11,13)/t7-/m0/s1. The van der Waals surface area contributed by atoms with E-state index < -0.39 is 11.9 Å². The molecule has 4 nitrogen and oxygen atoms in total. The van der Waals surface area contributed by atoms with Gasteiger partial charge in [-0.2, -0.15) is 0 Å². The first-order valence-electron chi connectivity index (χ1n) is 4.62. The van der Waals surface area contributed by atoms with Crippen molar-refractivity contribution in [2.45, 2.75) is 32.7 Å². The Hall–Kier alpha value is -1.06. The predicted octanol–water partition coefficient (Wildman–Crippen LogP) is 0.0225. The van der Waals surface area contributed by atoms with Crippen molar-refractivity contribution in [3.05, 3.63) is 0 Å². The van der Waals surface area contributed by atoms with Gasteiger partial charge in [0, 0.05) is 5.92 Å². The molecule has 1 fully saturated rings. The minimum atomic E-state index is -0.520. The van der Waals surface area contributed by atoms with Crippen LogP contribution in [-0.2, 0) is 9.59 Å². The molecular weight excluding hydrogens is 168 g/mol. The lowest BCUT2D eigenvalue weighted by Gasteiger charge is -2.18. The summed E-state index contributed by atoms with van der Waals surface area (Å²) in [4.78, 5) is 22.2. The van der Waals surface area contributed by atoms with Crippen molar-refractivity contribution in [3.8, 4) is 0 Å². The zero-order valence-electron chi connectivity index (χ0n) is 8.04. The fraction of sp³-hybridized carbons (Fsp3) is 0.778. The molecule has 0 aromatic carbocycles. The summed E-state index contributed by atoms with van der Waals surface area (Å²) < 4.78 is 0. The maximum atomic E-state index is 11.3. The molecule has 0 spiro atoms. The van der Waals surface area contributed by atoms with Gasteiger partial charge in [-0.25, -0.2) is 0 Å². The second kappa shape index (κ2) is 3.77. The predicted molar refractivity (Wildman–Crippen MR) is 48.7 cm³/mol. The van der Waals surface area contributed by atoms with Crippen LogP contribution in [-0.4, -0.2) is 17.9 Å². The summed E-state index contributed by atoms with van der Waals surface area (Å²) in [5, 5.41) is 2.66. The van der Waals surface area contributed by atoms with Gasteiger partial charge in [0.15, 0.2) is 0 Å². The van der Waals surface area contributed by atoms with Gasteiger partial charge >= 0.3 is 0 Å². The van der Waals surface area contributed by atoms with E-state index in [2.05, 4.69) is 5.32 Å². The monoisotopic (exact) mass is 184 g/mol. The smallest absolute Gasteiger partial charge is 0.240 e. The summed E-state index contributed by atoms with van der Waals surface area (Å²) in [6, 6.07) is -0.520. The van der Waals surface area contributed by atoms with Crippen LogP contribution in [0.5, 0.6) is 0 Å². The van der Waals surface area contributed by atoms with Gasteiger partial charge in [0.05, 0.1) is 0 Å². The number of amides is 2. The number of primary amides is 1. The summed E-state index contributed by atoms with van der Waals surface area (Å²) in [5.41, 5.74) is 5.15. The normalized spacial score (nSPS) is 18.4. The zero-order valence-corrected chi connectivity index (χ0v) is 8.04. The maximum Gasteiger partial charge on any atom is 0.240 e. The number of hydrogen-bond acceptors (Lipinski definition) is 2. The molecule has 2 amide bonds. The molecule has 0 aliphatic heterocycles. The van der Waals surface area contributed by atoms with Crippen molar-refractivity contribution in [2.75, 3.05) is 0 Å². The highest BCUT2D eigenvalue weighted by atomic mass is 16.2. The van der Waals surface area contributed by atoms with E-state index in [0.29, 0.717) is 0 Å². The van der Waals surface area contributed by atoms with Gasteiger partial charge in [-0.15, -0.1) is 0 Å². The average Bonchev–Trinajstić information content (AvgIpc) is 2.80. The van der Waals surface area contributed by atoms with Crippen LogP contribution in [0.2, 0.25) is 0 Å². The second-order valence-corrected chi connectivity index (χ2v) is 3.91. The highest BCUT2D eigenvalue weighted by molar-refractivity contribution is 5.88. The fourth-order valence-electron chi connectivity index (χ4n) is 1.18. The molecule has 3 N–H and O–H groups in total. The molecule has 1 aliphatic carbocycles.